The van der Waals surface area contributed by atoms with Crippen LogP contribution < -0.4 is 4.57 Å². The van der Waals surface area contributed by atoms with Crippen LogP contribution in [0.2, 0.25) is 0 Å². The first-order valence-electron chi connectivity index (χ1n) is 9.91. The van der Waals surface area contributed by atoms with Gasteiger partial charge >= 0.3 is 7.60 Å². The summed E-state index contributed by atoms with van der Waals surface area (Å²) < 4.78 is 27.3. The Labute approximate surface area is 171 Å². The van der Waals surface area contributed by atoms with Crippen molar-refractivity contribution in [1.82, 2.24) is 4.90 Å². The minimum Gasteiger partial charge on any atom is -0.358 e. The zero-order valence-corrected chi connectivity index (χ0v) is 18.6. The molecule has 2 aromatic rings. The summed E-state index contributed by atoms with van der Waals surface area (Å²) >= 11 is 1.85. The van der Waals surface area contributed by atoms with Crippen LogP contribution in [-0.2, 0) is 26.6 Å². The predicted octanol–water partition coefficient (Wildman–Crippen LogP) is 4.98. The highest BCUT2D eigenvalue weighted by atomic mass is 32.1. The van der Waals surface area contributed by atoms with Gasteiger partial charge in [0.15, 0.2) is 6.54 Å². The Morgan fingerprint density at radius 3 is 2.50 bits per heavy atom. The first kappa shape index (κ1) is 21.3. The number of para-hydroxylation sites is 1. The topological polar surface area (TPSA) is 42.7 Å². The molecule has 28 heavy (non-hydrogen) atoms. The number of allylic oxidation sites excluding steroid dienone is 2. The highest BCUT2D eigenvalue weighted by Crippen LogP contribution is 2.48. The van der Waals surface area contributed by atoms with Crippen LogP contribution in [-0.4, -0.2) is 31.3 Å². The van der Waals surface area contributed by atoms with Gasteiger partial charge in [-0.1, -0.05) is 35.6 Å². The minimum atomic E-state index is -2.99. The van der Waals surface area contributed by atoms with Crippen molar-refractivity contribution in [3.05, 3.63) is 53.8 Å². The van der Waals surface area contributed by atoms with E-state index in [1.54, 1.807) is 0 Å². The van der Waals surface area contributed by atoms with E-state index in [4.69, 9.17) is 9.05 Å². The second-order valence-corrected chi connectivity index (χ2v) is 10.2. The Hall–Kier alpha value is -1.46. The molecule has 1 aromatic carbocycles. The normalized spacial score (nSPS) is 15.0. The number of hydrogen-bond donors (Lipinski definition) is 0. The van der Waals surface area contributed by atoms with Gasteiger partial charge in [0, 0.05) is 25.5 Å². The highest BCUT2D eigenvalue weighted by Gasteiger charge is 2.26. The number of nitrogens with zero attached hydrogens (tertiary/aromatic N) is 2. The van der Waals surface area contributed by atoms with Crippen molar-refractivity contribution in [2.24, 2.45) is 5.92 Å². The zero-order valence-electron chi connectivity index (χ0n) is 16.9. The molecular weight excluding hydrogens is 391 g/mol. The molecule has 0 atom stereocenters. The number of thiazole rings is 1. The second-order valence-electron chi connectivity index (χ2n) is 6.86. The van der Waals surface area contributed by atoms with Crippen LogP contribution in [0.4, 0.5) is 0 Å². The summed E-state index contributed by atoms with van der Waals surface area (Å²) in [6, 6.07) is 8.50. The number of aromatic nitrogens is 1. The van der Waals surface area contributed by atoms with E-state index in [0.29, 0.717) is 25.3 Å². The van der Waals surface area contributed by atoms with Gasteiger partial charge in [-0.05, 0) is 32.3 Å². The molecule has 0 saturated heterocycles. The van der Waals surface area contributed by atoms with Crippen molar-refractivity contribution in [3.63, 3.8) is 0 Å². The third-order valence-corrected chi connectivity index (χ3v) is 8.05. The van der Waals surface area contributed by atoms with E-state index in [-0.39, 0.29) is 0 Å². The van der Waals surface area contributed by atoms with E-state index in [1.165, 1.54) is 15.2 Å². The maximum Gasteiger partial charge on any atom is 0.330 e. The smallest absolute Gasteiger partial charge is 0.330 e. The number of rotatable bonds is 10. The van der Waals surface area contributed by atoms with Crippen LogP contribution in [0.15, 0.2) is 48.8 Å². The fourth-order valence-electron chi connectivity index (χ4n) is 3.41. The Morgan fingerprint density at radius 2 is 1.82 bits per heavy atom. The second kappa shape index (κ2) is 9.84. The Balaban J connectivity index is 1.76. The molecule has 0 aliphatic carbocycles. The Morgan fingerprint density at radius 1 is 1.14 bits per heavy atom. The highest BCUT2D eigenvalue weighted by molar-refractivity contribution is 7.53. The Bertz CT molecular complexity index is 869. The molecule has 0 radical (unpaired) electrons. The summed E-state index contributed by atoms with van der Waals surface area (Å²) in [6.45, 7) is 5.34. The summed E-state index contributed by atoms with van der Waals surface area (Å²) in [5.41, 5.74) is 1.24. The molecule has 2 heterocycles. The fraction of sp³-hybridized carbons (Fsp3) is 0.476. The van der Waals surface area contributed by atoms with Gasteiger partial charge in [0.2, 0.25) is 10.5 Å². The lowest BCUT2D eigenvalue weighted by Gasteiger charge is -2.16. The number of hydrogen-bond acceptors (Lipinski definition) is 5. The third-order valence-electron chi connectivity index (χ3n) is 4.70. The van der Waals surface area contributed by atoms with E-state index in [2.05, 4.69) is 58.3 Å². The molecule has 0 spiro atoms. The number of aryl methyl sites for hydroxylation is 1. The van der Waals surface area contributed by atoms with Gasteiger partial charge in [-0.2, -0.15) is 4.57 Å². The van der Waals surface area contributed by atoms with Gasteiger partial charge in [0.05, 0.1) is 25.8 Å². The maximum absolute atomic E-state index is 12.8. The van der Waals surface area contributed by atoms with Crippen LogP contribution in [0.1, 0.15) is 25.3 Å². The monoisotopic (exact) mass is 421 g/mol. The van der Waals surface area contributed by atoms with Crippen molar-refractivity contribution in [2.45, 2.75) is 33.2 Å². The van der Waals surface area contributed by atoms with Crippen LogP contribution in [0.5, 0.6) is 0 Å². The molecule has 1 aliphatic rings. The molecule has 7 heteroatoms. The molecule has 1 aromatic heterocycles. The summed E-state index contributed by atoms with van der Waals surface area (Å²) in [5.74, 6) is 0.397. The fourth-order valence-corrected chi connectivity index (χ4v) is 6.31. The molecule has 3 rings (SSSR count). The molecule has 152 valence electrons. The van der Waals surface area contributed by atoms with Crippen LogP contribution >= 0.6 is 18.9 Å². The van der Waals surface area contributed by atoms with Gasteiger partial charge in [0.1, 0.15) is 4.70 Å². The zero-order chi connectivity index (χ0) is 20.0. The first-order valence-corrected chi connectivity index (χ1v) is 12.5. The molecular formula is C21H30N2O3PS+. The molecule has 0 N–H and O–H groups in total. The van der Waals surface area contributed by atoms with Crippen molar-refractivity contribution in [2.75, 3.05) is 26.4 Å². The summed E-state index contributed by atoms with van der Waals surface area (Å²) in [7, 11) is -0.953. The first-order chi connectivity index (χ1) is 13.5. The van der Waals surface area contributed by atoms with Gasteiger partial charge in [-0.3, -0.25) is 4.57 Å². The minimum absolute atomic E-state index is 0.397. The average Bonchev–Trinajstić information content (AvgIpc) is 3.01. The average molecular weight is 422 g/mol. The van der Waals surface area contributed by atoms with Gasteiger partial charge in [-0.15, -0.1) is 0 Å². The molecule has 0 fully saturated rings. The van der Waals surface area contributed by atoms with E-state index in [1.807, 2.05) is 32.2 Å². The lowest BCUT2D eigenvalue weighted by molar-refractivity contribution is -0.674. The largest absolute Gasteiger partial charge is 0.358 e. The predicted molar refractivity (Wildman–Crippen MR) is 116 cm³/mol. The standard InChI is InChI=1S/C21H30N2O3PS/c1-4-25-27(24,26-5-2)16-8-13-23-19-9-6-7-10-20(19)28-21(23)17-18-11-14-22(3)15-12-18/h6-7,9-12,14-15,18H,4-5,8,13,16-17H2,1-3H3/q+1. The molecule has 0 bridgehead atoms. The van der Waals surface area contributed by atoms with Crippen LogP contribution in [0.3, 0.4) is 0 Å². The maximum atomic E-state index is 12.8. The van der Waals surface area contributed by atoms with Crippen LogP contribution in [0.25, 0.3) is 10.2 Å². The molecule has 0 amide bonds. The quantitative estimate of drug-likeness (QED) is 0.401. The Kier molecular flexibility index (Phi) is 7.47. The lowest BCUT2D eigenvalue weighted by Crippen LogP contribution is -2.37. The van der Waals surface area contributed by atoms with E-state index in [0.717, 1.165) is 19.4 Å². The summed E-state index contributed by atoms with van der Waals surface area (Å²) in [4.78, 5) is 2.06. The van der Waals surface area contributed by atoms with E-state index in [9.17, 15) is 4.57 Å². The molecule has 0 unspecified atom stereocenters. The number of benzene rings is 1. The number of fused-ring (bicyclic) bond motifs is 1. The lowest BCUT2D eigenvalue weighted by atomic mass is 10.0. The van der Waals surface area contributed by atoms with Crippen molar-refractivity contribution in [3.8, 4) is 0 Å². The van der Waals surface area contributed by atoms with Gasteiger partial charge < -0.3 is 13.9 Å². The van der Waals surface area contributed by atoms with Gasteiger partial charge in [0.25, 0.3) is 0 Å². The summed E-state index contributed by atoms with van der Waals surface area (Å²) in [6.07, 6.45) is 10.9. The van der Waals surface area contributed by atoms with Crippen molar-refractivity contribution in [1.29, 1.82) is 0 Å². The van der Waals surface area contributed by atoms with E-state index < -0.39 is 7.60 Å². The molecule has 5 nitrogen and oxygen atoms in total. The third kappa shape index (κ3) is 5.32. The van der Waals surface area contributed by atoms with Gasteiger partial charge in [-0.25, -0.2) is 0 Å². The van der Waals surface area contributed by atoms with Crippen LogP contribution in [0, 0.1) is 5.92 Å². The SMILES string of the molecule is CCOP(=O)(CCC[n+]1c(CC2C=CN(C)C=C2)sc2ccccc21)OCC. The van der Waals surface area contributed by atoms with Crippen molar-refractivity contribution >= 4 is 29.1 Å². The molecule has 0 saturated carbocycles. The van der Waals surface area contributed by atoms with Crippen molar-refractivity contribution < 1.29 is 18.2 Å². The van der Waals surface area contributed by atoms with E-state index >= 15 is 0 Å². The summed E-state index contributed by atoms with van der Waals surface area (Å²) in [5, 5.41) is 1.34. The molecule has 1 aliphatic heterocycles.